The summed E-state index contributed by atoms with van der Waals surface area (Å²) in [6.45, 7) is 8.78. The number of guanidine groups is 1. The minimum Gasteiger partial charge on any atom is -0.497 e. The van der Waals surface area contributed by atoms with Gasteiger partial charge in [-0.15, -0.1) is 24.0 Å². The van der Waals surface area contributed by atoms with Crippen molar-refractivity contribution in [1.82, 2.24) is 20.1 Å². The molecule has 2 aliphatic rings. The fraction of sp³-hybridized carbons (Fsp3) is 0.500. The molecule has 0 aliphatic carbocycles. The average Bonchev–Trinajstić information content (AvgIpc) is 2.85. The Morgan fingerprint density at radius 3 is 2.27 bits per heavy atom. The standard InChI is InChI=1S/C24H35N7O.HI/c1-25-24(31-16-14-29(15-17-31)21-4-6-22(32-3)7-5-21)27-19-20-8-9-26-23(18-20)30-12-10-28(2)11-13-30;/h4-9,18H,10-17,19H2,1-3H3,(H,25,27);1H. The number of aliphatic imine (C=N–C) groups is 1. The summed E-state index contributed by atoms with van der Waals surface area (Å²) in [5.41, 5.74) is 2.47. The molecule has 4 rings (SSSR count). The van der Waals surface area contributed by atoms with Gasteiger partial charge in [-0.05, 0) is 49.0 Å². The van der Waals surface area contributed by atoms with Crippen LogP contribution >= 0.6 is 24.0 Å². The normalized spacial score (nSPS) is 17.5. The van der Waals surface area contributed by atoms with Crippen molar-refractivity contribution in [2.75, 3.05) is 83.4 Å². The second-order valence-electron chi connectivity index (χ2n) is 8.39. The van der Waals surface area contributed by atoms with E-state index in [0.29, 0.717) is 0 Å². The number of halogens is 1. The van der Waals surface area contributed by atoms with Gasteiger partial charge in [0.15, 0.2) is 5.96 Å². The van der Waals surface area contributed by atoms with E-state index >= 15 is 0 Å². The first-order chi connectivity index (χ1) is 15.7. The zero-order valence-electron chi connectivity index (χ0n) is 19.9. The van der Waals surface area contributed by atoms with E-state index in [4.69, 9.17) is 4.74 Å². The quantitative estimate of drug-likeness (QED) is 0.340. The van der Waals surface area contributed by atoms with Gasteiger partial charge < -0.3 is 29.7 Å². The molecule has 0 spiro atoms. The number of rotatable bonds is 5. The molecule has 0 amide bonds. The van der Waals surface area contributed by atoms with E-state index in [0.717, 1.165) is 76.4 Å². The number of nitrogens with one attached hydrogen (secondary N) is 1. The fourth-order valence-corrected chi connectivity index (χ4v) is 4.26. The van der Waals surface area contributed by atoms with Gasteiger partial charge >= 0.3 is 0 Å². The third-order valence-corrected chi connectivity index (χ3v) is 6.32. The molecule has 0 unspecified atom stereocenters. The molecule has 0 radical (unpaired) electrons. The lowest BCUT2D eigenvalue weighted by molar-refractivity contribution is 0.312. The summed E-state index contributed by atoms with van der Waals surface area (Å²) in [6, 6.07) is 12.6. The largest absolute Gasteiger partial charge is 0.497 e. The second kappa shape index (κ2) is 12.3. The maximum Gasteiger partial charge on any atom is 0.194 e. The molecule has 2 fully saturated rings. The first-order valence-electron chi connectivity index (χ1n) is 11.4. The predicted molar refractivity (Wildman–Crippen MR) is 146 cm³/mol. The van der Waals surface area contributed by atoms with Crippen LogP contribution in [0.3, 0.4) is 0 Å². The maximum absolute atomic E-state index is 5.27. The number of benzene rings is 1. The summed E-state index contributed by atoms with van der Waals surface area (Å²) in [7, 11) is 5.74. The van der Waals surface area contributed by atoms with Gasteiger partial charge in [-0.1, -0.05) is 0 Å². The summed E-state index contributed by atoms with van der Waals surface area (Å²) in [6.07, 6.45) is 1.92. The van der Waals surface area contributed by atoms with E-state index in [9.17, 15) is 0 Å². The third-order valence-electron chi connectivity index (χ3n) is 6.32. The van der Waals surface area contributed by atoms with Gasteiger partial charge in [-0.25, -0.2) is 4.98 Å². The lowest BCUT2D eigenvalue weighted by atomic mass is 10.2. The Kier molecular flexibility index (Phi) is 9.42. The van der Waals surface area contributed by atoms with Crippen LogP contribution in [0.25, 0.3) is 0 Å². The van der Waals surface area contributed by atoms with Crippen LogP contribution in [-0.2, 0) is 6.54 Å². The summed E-state index contributed by atoms with van der Waals surface area (Å²) < 4.78 is 5.27. The molecule has 2 aromatic rings. The van der Waals surface area contributed by atoms with Gasteiger partial charge in [-0.3, -0.25) is 4.99 Å². The van der Waals surface area contributed by atoms with E-state index in [1.54, 1.807) is 7.11 Å². The summed E-state index contributed by atoms with van der Waals surface area (Å²) in [5, 5.41) is 3.55. The van der Waals surface area contributed by atoms with Crippen molar-refractivity contribution in [3.05, 3.63) is 48.2 Å². The summed E-state index contributed by atoms with van der Waals surface area (Å²) >= 11 is 0. The van der Waals surface area contributed by atoms with Gasteiger partial charge in [0.05, 0.1) is 7.11 Å². The van der Waals surface area contributed by atoms with Crippen LogP contribution in [-0.4, -0.2) is 94.3 Å². The molecule has 180 valence electrons. The van der Waals surface area contributed by atoms with E-state index < -0.39 is 0 Å². The van der Waals surface area contributed by atoms with Crippen molar-refractivity contribution < 1.29 is 4.74 Å². The minimum absolute atomic E-state index is 0. The van der Waals surface area contributed by atoms with Crippen LogP contribution in [0.5, 0.6) is 5.75 Å². The van der Waals surface area contributed by atoms with Crippen LogP contribution in [0.1, 0.15) is 5.56 Å². The van der Waals surface area contributed by atoms with E-state index in [1.165, 1.54) is 11.3 Å². The SMILES string of the molecule is CN=C(NCc1ccnc(N2CCN(C)CC2)c1)N1CCN(c2ccc(OC)cc2)CC1.I. The molecule has 3 heterocycles. The third kappa shape index (κ3) is 6.63. The number of methoxy groups -OCH3 is 1. The number of hydrogen-bond acceptors (Lipinski definition) is 6. The fourth-order valence-electron chi connectivity index (χ4n) is 4.26. The molecular formula is C24H36IN7O. The van der Waals surface area contributed by atoms with Gasteiger partial charge in [0.2, 0.25) is 0 Å². The van der Waals surface area contributed by atoms with Crippen LogP contribution in [0.4, 0.5) is 11.5 Å². The molecule has 2 saturated heterocycles. The first-order valence-corrected chi connectivity index (χ1v) is 11.4. The molecule has 9 heteroatoms. The highest BCUT2D eigenvalue weighted by molar-refractivity contribution is 14.0. The molecule has 1 aromatic heterocycles. The van der Waals surface area contributed by atoms with Gasteiger partial charge in [0.25, 0.3) is 0 Å². The van der Waals surface area contributed by atoms with Crippen LogP contribution in [0.15, 0.2) is 47.6 Å². The highest BCUT2D eigenvalue weighted by Gasteiger charge is 2.20. The molecule has 8 nitrogen and oxygen atoms in total. The van der Waals surface area contributed by atoms with Crippen LogP contribution < -0.4 is 19.9 Å². The second-order valence-corrected chi connectivity index (χ2v) is 8.39. The van der Waals surface area contributed by atoms with Crippen molar-refractivity contribution in [2.45, 2.75) is 6.54 Å². The molecule has 1 aromatic carbocycles. The Morgan fingerprint density at radius 2 is 1.64 bits per heavy atom. The number of likely N-dealkylation sites (N-methyl/N-ethyl adjacent to an activating group) is 1. The van der Waals surface area contributed by atoms with Crippen molar-refractivity contribution in [3.8, 4) is 5.75 Å². The van der Waals surface area contributed by atoms with E-state index in [-0.39, 0.29) is 24.0 Å². The molecule has 0 bridgehead atoms. The highest BCUT2D eigenvalue weighted by Crippen LogP contribution is 2.20. The number of anilines is 2. The van der Waals surface area contributed by atoms with E-state index in [1.807, 2.05) is 25.4 Å². The Hall–Kier alpha value is -2.27. The van der Waals surface area contributed by atoms with Crippen LogP contribution in [0.2, 0.25) is 0 Å². The van der Waals surface area contributed by atoms with Crippen molar-refractivity contribution in [3.63, 3.8) is 0 Å². The maximum atomic E-state index is 5.27. The van der Waals surface area contributed by atoms with Crippen molar-refractivity contribution >= 4 is 41.4 Å². The number of hydrogen-bond donors (Lipinski definition) is 1. The zero-order valence-corrected chi connectivity index (χ0v) is 22.2. The van der Waals surface area contributed by atoms with Crippen LogP contribution in [0, 0.1) is 0 Å². The number of aromatic nitrogens is 1. The molecule has 2 aliphatic heterocycles. The lowest BCUT2D eigenvalue weighted by Crippen LogP contribution is -2.52. The Balaban J connectivity index is 0.00000306. The smallest absolute Gasteiger partial charge is 0.194 e. The van der Waals surface area contributed by atoms with Crippen molar-refractivity contribution in [2.24, 2.45) is 4.99 Å². The first kappa shape index (κ1) is 25.4. The summed E-state index contributed by atoms with van der Waals surface area (Å²) in [4.78, 5) is 18.6. The average molecular weight is 566 g/mol. The van der Waals surface area contributed by atoms with Gasteiger partial charge in [0.1, 0.15) is 11.6 Å². The predicted octanol–water partition coefficient (Wildman–Crippen LogP) is 2.36. The lowest BCUT2D eigenvalue weighted by Gasteiger charge is -2.37. The monoisotopic (exact) mass is 565 g/mol. The van der Waals surface area contributed by atoms with Gasteiger partial charge in [-0.2, -0.15) is 0 Å². The Labute approximate surface area is 214 Å². The van der Waals surface area contributed by atoms with Gasteiger partial charge in [0, 0.05) is 77.8 Å². The zero-order chi connectivity index (χ0) is 22.3. The highest BCUT2D eigenvalue weighted by atomic mass is 127. The number of pyridine rings is 1. The molecular weight excluding hydrogens is 529 g/mol. The molecule has 33 heavy (non-hydrogen) atoms. The molecule has 0 atom stereocenters. The number of piperazine rings is 2. The Bertz CT molecular complexity index is 892. The Morgan fingerprint density at radius 1 is 0.970 bits per heavy atom. The minimum atomic E-state index is 0. The molecule has 0 saturated carbocycles. The number of ether oxygens (including phenoxy) is 1. The number of nitrogens with zero attached hydrogens (tertiary/aromatic N) is 6. The molecule has 1 N–H and O–H groups in total. The van der Waals surface area contributed by atoms with E-state index in [2.05, 4.69) is 66.2 Å². The summed E-state index contributed by atoms with van der Waals surface area (Å²) in [5.74, 6) is 2.92. The topological polar surface area (TPSA) is 59.5 Å². The van der Waals surface area contributed by atoms with Crippen molar-refractivity contribution in [1.29, 1.82) is 0 Å².